The number of para-hydroxylation sites is 1. The van der Waals surface area contributed by atoms with Crippen molar-refractivity contribution in [3.63, 3.8) is 0 Å². The molecule has 6 nitrogen and oxygen atoms in total. The van der Waals surface area contributed by atoms with Gasteiger partial charge in [-0.1, -0.05) is 42.0 Å². The highest BCUT2D eigenvalue weighted by atomic mass is 32.2. The lowest BCUT2D eigenvalue weighted by molar-refractivity contribution is -0.124. The molecule has 3 aromatic carbocycles. The van der Waals surface area contributed by atoms with E-state index in [-0.39, 0.29) is 24.1 Å². The van der Waals surface area contributed by atoms with Crippen molar-refractivity contribution in [1.82, 2.24) is 0 Å². The Balaban J connectivity index is 1.56. The van der Waals surface area contributed by atoms with Crippen LogP contribution in [0.2, 0.25) is 0 Å². The molecule has 34 heavy (non-hydrogen) atoms. The molecular weight excluding hydrogens is 453 g/mol. The minimum absolute atomic E-state index is 0.0683. The summed E-state index contributed by atoms with van der Waals surface area (Å²) >= 11 is 1.20. The largest absolute Gasteiger partial charge is 0.324 e. The first kappa shape index (κ1) is 22.2. The number of hydrogen-bond acceptors (Lipinski definition) is 4. The van der Waals surface area contributed by atoms with E-state index in [2.05, 4.69) is 5.32 Å². The lowest BCUT2D eigenvalue weighted by Gasteiger charge is -2.33. The van der Waals surface area contributed by atoms with Crippen LogP contribution in [0, 0.1) is 19.7 Å². The van der Waals surface area contributed by atoms with E-state index in [4.69, 9.17) is 0 Å². The van der Waals surface area contributed by atoms with Gasteiger partial charge >= 0.3 is 0 Å². The summed E-state index contributed by atoms with van der Waals surface area (Å²) in [7, 11) is 0. The lowest BCUT2D eigenvalue weighted by atomic mass is 10.0. The lowest BCUT2D eigenvalue weighted by Crippen LogP contribution is -2.51. The van der Waals surface area contributed by atoms with Crippen LogP contribution in [0.3, 0.4) is 0 Å². The number of carbonyl (C=O) groups excluding carboxylic acids is 3. The Morgan fingerprint density at radius 3 is 2.62 bits per heavy atom. The molecule has 3 aromatic rings. The maximum absolute atomic E-state index is 14.1. The number of hydrogen-bond donors (Lipinski definition) is 1. The molecule has 5 rings (SSSR count). The van der Waals surface area contributed by atoms with Gasteiger partial charge in [-0.05, 0) is 49.7 Å². The fourth-order valence-electron chi connectivity index (χ4n) is 4.54. The van der Waals surface area contributed by atoms with Crippen LogP contribution in [0.4, 0.5) is 21.5 Å². The molecule has 0 aromatic heterocycles. The van der Waals surface area contributed by atoms with Gasteiger partial charge in [0.25, 0.3) is 5.91 Å². The van der Waals surface area contributed by atoms with Crippen LogP contribution in [-0.4, -0.2) is 30.0 Å². The first-order chi connectivity index (χ1) is 16.3. The topological polar surface area (TPSA) is 69.7 Å². The van der Waals surface area contributed by atoms with E-state index in [1.165, 1.54) is 39.8 Å². The quantitative estimate of drug-likeness (QED) is 0.609. The first-order valence-electron chi connectivity index (χ1n) is 10.8. The SMILES string of the molecule is Cc1ccc2c(c1)[C@@]1(SCC(=O)N1c1cccc(F)c1)C(=O)N2CC(=O)Nc1ccccc1C. The molecule has 3 amide bonds. The fraction of sp³-hybridized carbons (Fsp3) is 0.192. The third-order valence-electron chi connectivity index (χ3n) is 6.10. The molecule has 1 spiro atoms. The highest BCUT2D eigenvalue weighted by molar-refractivity contribution is 8.02. The van der Waals surface area contributed by atoms with E-state index in [0.29, 0.717) is 22.6 Å². The number of anilines is 3. The second-order valence-corrected chi connectivity index (χ2v) is 9.58. The van der Waals surface area contributed by atoms with Crippen molar-refractivity contribution in [2.24, 2.45) is 0 Å². The van der Waals surface area contributed by atoms with Gasteiger partial charge in [0.1, 0.15) is 12.4 Å². The molecule has 1 saturated heterocycles. The first-order valence-corrected chi connectivity index (χ1v) is 11.8. The van der Waals surface area contributed by atoms with E-state index >= 15 is 0 Å². The van der Waals surface area contributed by atoms with Crippen molar-refractivity contribution in [2.75, 3.05) is 27.4 Å². The van der Waals surface area contributed by atoms with E-state index in [0.717, 1.165) is 11.1 Å². The molecule has 0 unspecified atom stereocenters. The Morgan fingerprint density at radius 2 is 1.85 bits per heavy atom. The van der Waals surface area contributed by atoms with Crippen molar-refractivity contribution in [1.29, 1.82) is 0 Å². The summed E-state index contributed by atoms with van der Waals surface area (Å²) in [6, 6.07) is 18.6. The molecule has 1 N–H and O–H groups in total. The number of thioether (sulfide) groups is 1. The van der Waals surface area contributed by atoms with Gasteiger partial charge in [-0.15, -0.1) is 11.8 Å². The Labute approximate surface area is 200 Å². The summed E-state index contributed by atoms with van der Waals surface area (Å²) in [5, 5.41) is 2.87. The van der Waals surface area contributed by atoms with Crippen LogP contribution in [-0.2, 0) is 19.3 Å². The van der Waals surface area contributed by atoms with Gasteiger partial charge in [-0.2, -0.15) is 0 Å². The van der Waals surface area contributed by atoms with Crippen molar-refractivity contribution < 1.29 is 18.8 Å². The van der Waals surface area contributed by atoms with Crippen LogP contribution in [0.15, 0.2) is 66.7 Å². The Morgan fingerprint density at radius 1 is 1.06 bits per heavy atom. The molecule has 2 aliphatic rings. The van der Waals surface area contributed by atoms with Crippen molar-refractivity contribution in [3.8, 4) is 0 Å². The average Bonchev–Trinajstić information content (AvgIpc) is 3.26. The molecule has 0 radical (unpaired) electrons. The Hall–Kier alpha value is -3.65. The number of nitrogens with zero attached hydrogens (tertiary/aromatic N) is 2. The zero-order valence-electron chi connectivity index (χ0n) is 18.7. The summed E-state index contributed by atoms with van der Waals surface area (Å²) in [5.41, 5.74) is 3.99. The molecule has 8 heteroatoms. The third-order valence-corrected chi connectivity index (χ3v) is 7.49. The zero-order valence-corrected chi connectivity index (χ0v) is 19.5. The van der Waals surface area contributed by atoms with Gasteiger partial charge in [0.15, 0.2) is 0 Å². The van der Waals surface area contributed by atoms with Gasteiger partial charge < -0.3 is 5.32 Å². The zero-order chi connectivity index (χ0) is 24.0. The molecule has 1 fully saturated rings. The van der Waals surface area contributed by atoms with Crippen LogP contribution in [0.25, 0.3) is 0 Å². The van der Waals surface area contributed by atoms with Gasteiger partial charge in [-0.3, -0.25) is 24.2 Å². The van der Waals surface area contributed by atoms with E-state index in [1.54, 1.807) is 18.2 Å². The Kier molecular flexibility index (Phi) is 5.40. The van der Waals surface area contributed by atoms with Crippen LogP contribution in [0.5, 0.6) is 0 Å². The summed E-state index contributed by atoms with van der Waals surface area (Å²) in [6.07, 6.45) is 0. The monoisotopic (exact) mass is 475 g/mol. The maximum Gasteiger partial charge on any atom is 0.269 e. The van der Waals surface area contributed by atoms with Crippen LogP contribution >= 0.6 is 11.8 Å². The standard InChI is InChI=1S/C26H22FN3O3S/c1-16-10-11-22-20(12-16)26(30(24(32)15-34-26)19-8-5-7-18(27)13-19)25(33)29(22)14-23(31)28-21-9-4-3-6-17(21)2/h3-13H,14-15H2,1-2H3,(H,28,31)/t26-/m1/s1. The number of amides is 3. The number of aryl methyl sites for hydroxylation is 2. The number of carbonyl (C=O) groups is 3. The molecule has 0 bridgehead atoms. The predicted molar refractivity (Wildman–Crippen MR) is 131 cm³/mol. The van der Waals surface area contributed by atoms with Gasteiger partial charge in [-0.25, -0.2) is 4.39 Å². The number of benzene rings is 3. The van der Waals surface area contributed by atoms with Gasteiger partial charge in [0, 0.05) is 16.9 Å². The van der Waals surface area contributed by atoms with Crippen molar-refractivity contribution in [2.45, 2.75) is 18.7 Å². The van der Waals surface area contributed by atoms with Crippen LogP contribution < -0.4 is 15.1 Å². The predicted octanol–water partition coefficient (Wildman–Crippen LogP) is 4.36. The van der Waals surface area contributed by atoms with Crippen LogP contribution in [0.1, 0.15) is 16.7 Å². The molecule has 2 aliphatic heterocycles. The van der Waals surface area contributed by atoms with Crippen molar-refractivity contribution in [3.05, 3.63) is 89.2 Å². The van der Waals surface area contributed by atoms with E-state index in [1.807, 2.05) is 44.2 Å². The molecule has 0 aliphatic carbocycles. The number of fused-ring (bicyclic) bond motifs is 2. The second kappa shape index (κ2) is 8.29. The number of rotatable bonds is 4. The van der Waals surface area contributed by atoms with E-state index < -0.39 is 16.6 Å². The smallest absolute Gasteiger partial charge is 0.269 e. The van der Waals surface area contributed by atoms with Crippen molar-refractivity contribution >= 4 is 46.5 Å². The molecular formula is C26H22FN3O3S. The number of halogens is 1. The highest BCUT2D eigenvalue weighted by Crippen LogP contribution is 2.55. The third kappa shape index (κ3) is 3.45. The summed E-state index contributed by atoms with van der Waals surface area (Å²) in [6.45, 7) is 3.58. The fourth-order valence-corrected chi connectivity index (χ4v) is 5.89. The highest BCUT2D eigenvalue weighted by Gasteiger charge is 2.61. The van der Waals surface area contributed by atoms with E-state index in [9.17, 15) is 18.8 Å². The second-order valence-electron chi connectivity index (χ2n) is 8.42. The molecule has 172 valence electrons. The summed E-state index contributed by atoms with van der Waals surface area (Å²) in [5.74, 6) is -1.46. The van der Waals surface area contributed by atoms with Gasteiger partial charge in [0.05, 0.1) is 11.4 Å². The molecule has 1 atom stereocenters. The molecule has 0 saturated carbocycles. The van der Waals surface area contributed by atoms with Gasteiger partial charge in [0.2, 0.25) is 16.7 Å². The summed E-state index contributed by atoms with van der Waals surface area (Å²) < 4.78 is 14.1. The Bertz CT molecular complexity index is 1340. The summed E-state index contributed by atoms with van der Waals surface area (Å²) in [4.78, 5) is 41.4. The number of nitrogens with one attached hydrogen (secondary N) is 1. The minimum atomic E-state index is -1.39. The average molecular weight is 476 g/mol. The normalized spacial score (nSPS) is 19.1. The molecule has 2 heterocycles. The minimum Gasteiger partial charge on any atom is -0.324 e. The maximum atomic E-state index is 14.1.